The Morgan fingerprint density at radius 3 is 2.45 bits per heavy atom. The van der Waals surface area contributed by atoms with Gasteiger partial charge in [0.05, 0.1) is 0 Å². The van der Waals surface area contributed by atoms with E-state index in [-0.39, 0.29) is 11.7 Å². The minimum Gasteiger partial charge on any atom is -0.355 e. The maximum Gasteiger partial charge on any atom is 0.278 e. The van der Waals surface area contributed by atoms with Gasteiger partial charge in [0.1, 0.15) is 0 Å². The topological polar surface area (TPSA) is 85.0 Å². The van der Waals surface area contributed by atoms with Crippen molar-refractivity contribution in [2.75, 3.05) is 18.0 Å². The molecule has 3 heterocycles. The number of carbonyl (C=O) groups excluding carboxylic acids is 1. The van der Waals surface area contributed by atoms with Gasteiger partial charge in [-0.3, -0.25) is 4.79 Å². The third-order valence-corrected chi connectivity index (χ3v) is 6.14. The largest absolute Gasteiger partial charge is 0.355 e. The van der Waals surface area contributed by atoms with Crippen molar-refractivity contribution in [3.8, 4) is 11.6 Å². The molecule has 7 nitrogen and oxygen atoms in total. The predicted octanol–water partition coefficient (Wildman–Crippen LogP) is 4.53. The number of hydrogen-bond donors (Lipinski definition) is 0. The second-order valence-electron chi connectivity index (χ2n) is 8.40. The van der Waals surface area contributed by atoms with Crippen molar-refractivity contribution in [3.63, 3.8) is 0 Å². The van der Waals surface area contributed by atoms with E-state index in [1.165, 1.54) is 0 Å². The summed E-state index contributed by atoms with van der Waals surface area (Å²) in [5.74, 6) is 2.07. The van der Waals surface area contributed by atoms with E-state index in [0.29, 0.717) is 23.8 Å². The number of rotatable bonds is 6. The van der Waals surface area contributed by atoms with Crippen LogP contribution in [0.1, 0.15) is 40.2 Å². The van der Waals surface area contributed by atoms with Crippen molar-refractivity contribution in [1.29, 1.82) is 0 Å². The average molecular weight is 440 g/mol. The lowest BCUT2D eigenvalue weighted by atomic mass is 9.87. The molecular weight excluding hydrogens is 414 g/mol. The van der Waals surface area contributed by atoms with E-state index in [2.05, 4.69) is 25.2 Å². The zero-order chi connectivity index (χ0) is 22.6. The number of aromatic nitrogens is 4. The SMILES string of the molecule is Cc1ccccc1C(=O)C1CCN(c2ccc(-c3nc(Cc4ccccc4)no3)nn2)CC1. The zero-order valence-corrected chi connectivity index (χ0v) is 18.5. The van der Waals surface area contributed by atoms with Crippen molar-refractivity contribution in [2.24, 2.45) is 5.92 Å². The standard InChI is InChI=1S/C26H25N5O2/c1-18-7-5-6-10-21(18)25(32)20-13-15-31(16-14-20)24-12-11-22(28-29-24)26-27-23(30-33-26)17-19-8-3-2-4-9-19/h2-12,20H,13-17H2,1H3. The van der Waals surface area contributed by atoms with Crippen LogP contribution in [0.5, 0.6) is 0 Å². The lowest BCUT2D eigenvalue weighted by Crippen LogP contribution is -2.37. The molecule has 7 heteroatoms. The summed E-state index contributed by atoms with van der Waals surface area (Å²) in [6, 6.07) is 21.6. The number of ketones is 1. The molecule has 2 aromatic heterocycles. The van der Waals surface area contributed by atoms with Crippen LogP contribution in [0, 0.1) is 12.8 Å². The smallest absolute Gasteiger partial charge is 0.278 e. The van der Waals surface area contributed by atoms with Gasteiger partial charge in [0, 0.05) is 31.0 Å². The van der Waals surface area contributed by atoms with E-state index in [9.17, 15) is 4.79 Å². The van der Waals surface area contributed by atoms with Crippen LogP contribution >= 0.6 is 0 Å². The van der Waals surface area contributed by atoms with Crippen molar-refractivity contribution < 1.29 is 9.32 Å². The molecule has 0 amide bonds. The van der Waals surface area contributed by atoms with Gasteiger partial charge in [-0.2, -0.15) is 4.98 Å². The van der Waals surface area contributed by atoms with E-state index < -0.39 is 0 Å². The highest BCUT2D eigenvalue weighted by Gasteiger charge is 2.27. The summed E-state index contributed by atoms with van der Waals surface area (Å²) < 4.78 is 5.39. The Morgan fingerprint density at radius 1 is 0.970 bits per heavy atom. The lowest BCUT2D eigenvalue weighted by molar-refractivity contribution is 0.0900. The van der Waals surface area contributed by atoms with Gasteiger partial charge in [-0.05, 0) is 43.0 Å². The molecule has 0 aliphatic carbocycles. The summed E-state index contributed by atoms with van der Waals surface area (Å²) in [5, 5.41) is 12.7. The van der Waals surface area contributed by atoms with Crippen LogP contribution < -0.4 is 4.90 Å². The van der Waals surface area contributed by atoms with E-state index in [1.54, 1.807) is 0 Å². The quantitative estimate of drug-likeness (QED) is 0.408. The van der Waals surface area contributed by atoms with Gasteiger partial charge in [-0.15, -0.1) is 10.2 Å². The first-order valence-electron chi connectivity index (χ1n) is 11.2. The number of piperidine rings is 1. The Hall–Kier alpha value is -3.87. The van der Waals surface area contributed by atoms with Gasteiger partial charge in [0.15, 0.2) is 23.1 Å². The molecule has 2 aromatic carbocycles. The van der Waals surface area contributed by atoms with E-state index in [0.717, 1.165) is 48.4 Å². The summed E-state index contributed by atoms with van der Waals surface area (Å²) in [4.78, 5) is 19.5. The minimum atomic E-state index is 0.0519. The van der Waals surface area contributed by atoms with E-state index in [4.69, 9.17) is 4.52 Å². The number of Topliss-reactive ketones (excluding diaryl/α,β-unsaturated/α-hetero) is 1. The van der Waals surface area contributed by atoms with Crippen molar-refractivity contribution in [2.45, 2.75) is 26.2 Å². The van der Waals surface area contributed by atoms with E-state index in [1.807, 2.05) is 73.7 Å². The fourth-order valence-corrected chi connectivity index (χ4v) is 4.26. The molecule has 1 aliphatic heterocycles. The number of carbonyl (C=O) groups is 1. The molecule has 1 aliphatic rings. The maximum atomic E-state index is 12.9. The summed E-state index contributed by atoms with van der Waals surface area (Å²) in [6.45, 7) is 3.55. The van der Waals surface area contributed by atoms with Crippen LogP contribution in [-0.4, -0.2) is 39.2 Å². The first-order chi connectivity index (χ1) is 16.2. The van der Waals surface area contributed by atoms with Crippen molar-refractivity contribution in [3.05, 3.63) is 89.2 Å². The molecule has 0 saturated carbocycles. The number of anilines is 1. The fraction of sp³-hybridized carbons (Fsp3) is 0.269. The number of hydrogen-bond acceptors (Lipinski definition) is 7. The van der Waals surface area contributed by atoms with Gasteiger partial charge in [-0.25, -0.2) is 0 Å². The Kier molecular flexibility index (Phi) is 5.93. The molecule has 166 valence electrons. The van der Waals surface area contributed by atoms with E-state index >= 15 is 0 Å². The molecule has 5 rings (SSSR count). The molecule has 1 saturated heterocycles. The Bertz CT molecular complexity index is 1230. The van der Waals surface area contributed by atoms with Crippen LogP contribution in [-0.2, 0) is 6.42 Å². The fourth-order valence-electron chi connectivity index (χ4n) is 4.26. The summed E-state index contributed by atoms with van der Waals surface area (Å²) in [6.07, 6.45) is 2.22. The van der Waals surface area contributed by atoms with Crippen LogP contribution in [0.15, 0.2) is 71.3 Å². The highest BCUT2D eigenvalue weighted by atomic mass is 16.5. The summed E-state index contributed by atoms with van der Waals surface area (Å²) in [7, 11) is 0. The third kappa shape index (κ3) is 4.67. The Labute approximate surface area is 192 Å². The second-order valence-corrected chi connectivity index (χ2v) is 8.40. The highest BCUT2D eigenvalue weighted by molar-refractivity contribution is 5.99. The molecule has 0 atom stereocenters. The number of benzene rings is 2. The van der Waals surface area contributed by atoms with Crippen molar-refractivity contribution >= 4 is 11.6 Å². The first-order valence-corrected chi connectivity index (χ1v) is 11.2. The highest BCUT2D eigenvalue weighted by Crippen LogP contribution is 2.26. The summed E-state index contributed by atoms with van der Waals surface area (Å²) >= 11 is 0. The van der Waals surface area contributed by atoms with Crippen LogP contribution in [0.2, 0.25) is 0 Å². The maximum absolute atomic E-state index is 12.9. The Balaban J connectivity index is 1.20. The second kappa shape index (κ2) is 9.32. The predicted molar refractivity (Wildman–Crippen MR) is 125 cm³/mol. The normalized spacial score (nSPS) is 14.4. The zero-order valence-electron chi connectivity index (χ0n) is 18.5. The molecule has 33 heavy (non-hydrogen) atoms. The summed E-state index contributed by atoms with van der Waals surface area (Å²) in [5.41, 5.74) is 3.55. The molecule has 0 unspecified atom stereocenters. The molecule has 0 N–H and O–H groups in total. The van der Waals surface area contributed by atoms with Crippen LogP contribution in [0.4, 0.5) is 5.82 Å². The molecule has 0 bridgehead atoms. The average Bonchev–Trinajstić information content (AvgIpc) is 3.33. The lowest BCUT2D eigenvalue weighted by Gasteiger charge is -2.32. The first kappa shape index (κ1) is 21.0. The van der Waals surface area contributed by atoms with Crippen LogP contribution in [0.25, 0.3) is 11.6 Å². The van der Waals surface area contributed by atoms with Gasteiger partial charge in [0.25, 0.3) is 5.89 Å². The molecular formula is C26H25N5O2. The van der Waals surface area contributed by atoms with Gasteiger partial charge < -0.3 is 9.42 Å². The van der Waals surface area contributed by atoms with Gasteiger partial charge in [0.2, 0.25) is 0 Å². The van der Waals surface area contributed by atoms with Crippen molar-refractivity contribution in [1.82, 2.24) is 20.3 Å². The van der Waals surface area contributed by atoms with Crippen LogP contribution in [0.3, 0.4) is 0 Å². The number of aryl methyl sites for hydroxylation is 1. The monoisotopic (exact) mass is 439 g/mol. The molecule has 4 aromatic rings. The third-order valence-electron chi connectivity index (χ3n) is 6.14. The molecule has 1 fully saturated rings. The van der Waals surface area contributed by atoms with Gasteiger partial charge >= 0.3 is 0 Å². The van der Waals surface area contributed by atoms with Gasteiger partial charge in [-0.1, -0.05) is 59.8 Å². The number of nitrogens with zero attached hydrogens (tertiary/aromatic N) is 5. The molecule has 0 radical (unpaired) electrons. The minimum absolute atomic E-state index is 0.0519. The molecule has 0 spiro atoms. The Morgan fingerprint density at radius 2 is 1.73 bits per heavy atom.